The smallest absolute Gasteiger partial charge is 0.230 e. The Morgan fingerprint density at radius 2 is 1.92 bits per heavy atom. The molecule has 1 aromatic carbocycles. The first kappa shape index (κ1) is 17.1. The number of halogens is 2. The van der Waals surface area contributed by atoms with Gasteiger partial charge in [0.2, 0.25) is 5.91 Å². The average molecular weight is 377 g/mol. The lowest BCUT2D eigenvalue weighted by atomic mass is 9.79. The lowest BCUT2D eigenvalue weighted by molar-refractivity contribution is -0.314. The van der Waals surface area contributed by atoms with Crippen LogP contribution < -0.4 is 10.4 Å². The quantitative estimate of drug-likeness (QED) is 0.887. The van der Waals surface area contributed by atoms with Crippen LogP contribution in [0.25, 0.3) is 11.3 Å². The van der Waals surface area contributed by atoms with Gasteiger partial charge in [0.25, 0.3) is 0 Å². The number of aromatic nitrogens is 1. The summed E-state index contributed by atoms with van der Waals surface area (Å²) in [5.41, 5.74) is 0.419. The molecule has 26 heavy (non-hydrogen) atoms. The van der Waals surface area contributed by atoms with E-state index in [1.165, 1.54) is 6.07 Å². The summed E-state index contributed by atoms with van der Waals surface area (Å²) < 4.78 is 26.9. The lowest BCUT2D eigenvalue weighted by Gasteiger charge is -2.30. The number of benzene rings is 1. The van der Waals surface area contributed by atoms with Gasteiger partial charge >= 0.3 is 0 Å². The van der Waals surface area contributed by atoms with Crippen molar-refractivity contribution < 1.29 is 23.5 Å². The number of aliphatic carboxylic acids is 1. The van der Waals surface area contributed by atoms with Crippen LogP contribution in [-0.4, -0.2) is 16.9 Å². The second kappa shape index (κ2) is 6.42. The van der Waals surface area contributed by atoms with Crippen LogP contribution in [0.2, 0.25) is 0 Å². The number of amides is 1. The van der Waals surface area contributed by atoms with E-state index >= 15 is 0 Å². The number of carboxylic acid groups (broad SMARTS) is 1. The van der Waals surface area contributed by atoms with Gasteiger partial charge in [-0.15, -0.1) is 11.3 Å². The fraction of sp³-hybridized carbons (Fsp3) is 0.389. The second-order valence-corrected chi connectivity index (χ2v) is 7.71. The molecule has 2 aliphatic rings. The van der Waals surface area contributed by atoms with Crippen LogP contribution in [0.1, 0.15) is 19.3 Å². The molecule has 2 aliphatic carbocycles. The first-order valence-electron chi connectivity index (χ1n) is 8.36. The third kappa shape index (κ3) is 2.88. The standard InChI is InChI=1S/C18H16F2N2O3S/c19-10-3-4-11(12(20)6-10)13-7-26-18(21-13)22-16(23)14-8-1-2-9(5-8)15(14)17(24)25/h3-4,6-9,14-15H,1-2,5H2,(H,24,25)(H,21,22,23)/p-1/t8-,9-,14+,15-/m0/s1. The molecule has 2 saturated carbocycles. The van der Waals surface area contributed by atoms with Crippen LogP contribution in [0.3, 0.4) is 0 Å². The van der Waals surface area contributed by atoms with Crippen LogP contribution in [0.5, 0.6) is 0 Å². The summed E-state index contributed by atoms with van der Waals surface area (Å²) in [5, 5.41) is 15.9. The first-order valence-corrected chi connectivity index (χ1v) is 9.24. The van der Waals surface area contributed by atoms with Crippen molar-refractivity contribution in [3.05, 3.63) is 35.2 Å². The summed E-state index contributed by atoms with van der Waals surface area (Å²) in [6, 6.07) is 3.19. The third-order valence-corrected chi connectivity index (χ3v) is 6.19. The van der Waals surface area contributed by atoms with Gasteiger partial charge in [-0.05, 0) is 43.2 Å². The second-order valence-electron chi connectivity index (χ2n) is 6.86. The molecule has 1 N–H and O–H groups in total. The summed E-state index contributed by atoms with van der Waals surface area (Å²) in [6.07, 6.45) is 2.40. The number of thiazole rings is 1. The van der Waals surface area contributed by atoms with Gasteiger partial charge in [-0.2, -0.15) is 0 Å². The predicted octanol–water partition coefficient (Wildman–Crippen LogP) is 2.44. The fourth-order valence-electron chi connectivity index (χ4n) is 4.35. The van der Waals surface area contributed by atoms with E-state index in [-0.39, 0.29) is 34.1 Å². The Bertz CT molecular complexity index is 885. The number of carboxylic acids is 1. The van der Waals surface area contributed by atoms with E-state index < -0.39 is 29.4 Å². The number of hydrogen-bond acceptors (Lipinski definition) is 5. The molecule has 1 heterocycles. The largest absolute Gasteiger partial charge is 0.550 e. The van der Waals surface area contributed by atoms with Gasteiger partial charge in [-0.25, -0.2) is 13.8 Å². The molecule has 4 rings (SSSR count). The van der Waals surface area contributed by atoms with Gasteiger partial charge in [-0.3, -0.25) is 4.79 Å². The number of fused-ring (bicyclic) bond motifs is 2. The van der Waals surface area contributed by atoms with Crippen molar-refractivity contribution in [3.63, 3.8) is 0 Å². The molecule has 2 aromatic rings. The summed E-state index contributed by atoms with van der Waals surface area (Å²) in [4.78, 5) is 28.2. The van der Waals surface area contributed by atoms with Gasteiger partial charge in [-0.1, -0.05) is 0 Å². The SMILES string of the molecule is O=C(Nc1nc(-c2ccc(F)cc2F)cs1)[C@@H]1[C@H]2CC[C@@H](C2)[C@@H]1C(=O)[O-]. The van der Waals surface area contributed by atoms with E-state index in [0.717, 1.165) is 42.7 Å². The minimum absolute atomic E-state index is 0.000849. The van der Waals surface area contributed by atoms with E-state index in [4.69, 9.17) is 0 Å². The highest BCUT2D eigenvalue weighted by Gasteiger charge is 2.51. The van der Waals surface area contributed by atoms with Crippen LogP contribution in [0.15, 0.2) is 23.6 Å². The zero-order valence-electron chi connectivity index (χ0n) is 13.6. The molecule has 0 radical (unpaired) electrons. The van der Waals surface area contributed by atoms with Gasteiger partial charge in [0, 0.05) is 34.8 Å². The first-order chi connectivity index (χ1) is 12.4. The van der Waals surface area contributed by atoms with Crippen molar-refractivity contribution in [2.75, 3.05) is 5.32 Å². The van der Waals surface area contributed by atoms with E-state index in [1.54, 1.807) is 5.38 Å². The number of carbonyl (C=O) groups is 2. The number of nitrogens with one attached hydrogen (secondary N) is 1. The predicted molar refractivity (Wildman–Crippen MR) is 88.9 cm³/mol. The molecule has 1 aromatic heterocycles. The maximum Gasteiger partial charge on any atom is 0.230 e. The average Bonchev–Trinajstić information content (AvgIpc) is 3.29. The number of hydrogen-bond donors (Lipinski definition) is 1. The molecule has 0 unspecified atom stereocenters. The van der Waals surface area contributed by atoms with Crippen molar-refractivity contribution in [2.24, 2.45) is 23.7 Å². The van der Waals surface area contributed by atoms with Crippen molar-refractivity contribution in [3.8, 4) is 11.3 Å². The topological polar surface area (TPSA) is 82.1 Å². The zero-order chi connectivity index (χ0) is 18.4. The van der Waals surface area contributed by atoms with E-state index in [9.17, 15) is 23.5 Å². The number of rotatable bonds is 4. The highest BCUT2D eigenvalue weighted by molar-refractivity contribution is 7.14. The summed E-state index contributed by atoms with van der Waals surface area (Å²) in [7, 11) is 0. The molecule has 2 bridgehead atoms. The van der Waals surface area contributed by atoms with Crippen LogP contribution in [-0.2, 0) is 9.59 Å². The molecular formula is C18H15F2N2O3S-. The number of anilines is 1. The van der Waals surface area contributed by atoms with Crippen molar-refractivity contribution in [1.82, 2.24) is 4.98 Å². The highest BCUT2D eigenvalue weighted by atomic mass is 32.1. The van der Waals surface area contributed by atoms with Crippen LogP contribution in [0, 0.1) is 35.3 Å². The van der Waals surface area contributed by atoms with Gasteiger partial charge < -0.3 is 15.2 Å². The molecule has 5 nitrogen and oxygen atoms in total. The molecule has 0 aliphatic heterocycles. The Morgan fingerprint density at radius 1 is 1.19 bits per heavy atom. The lowest BCUT2D eigenvalue weighted by Crippen LogP contribution is -2.43. The summed E-state index contributed by atoms with van der Waals surface area (Å²) >= 11 is 1.11. The third-order valence-electron chi connectivity index (χ3n) is 5.43. The van der Waals surface area contributed by atoms with Crippen molar-refractivity contribution in [1.29, 1.82) is 0 Å². The van der Waals surface area contributed by atoms with Crippen molar-refractivity contribution in [2.45, 2.75) is 19.3 Å². The minimum atomic E-state index is -1.18. The Balaban J connectivity index is 1.52. The van der Waals surface area contributed by atoms with Gasteiger partial charge in [0.1, 0.15) is 11.6 Å². The maximum absolute atomic E-state index is 13.9. The van der Waals surface area contributed by atoms with E-state index in [1.807, 2.05) is 0 Å². The summed E-state index contributed by atoms with van der Waals surface area (Å²) in [5.74, 6) is -4.30. The molecule has 8 heteroatoms. The molecule has 1 amide bonds. The maximum atomic E-state index is 13.9. The van der Waals surface area contributed by atoms with Crippen LogP contribution >= 0.6 is 11.3 Å². The normalized spacial score (nSPS) is 26.8. The molecule has 2 fully saturated rings. The number of nitrogens with zero attached hydrogens (tertiary/aromatic N) is 1. The fourth-order valence-corrected chi connectivity index (χ4v) is 5.06. The van der Waals surface area contributed by atoms with E-state index in [0.29, 0.717) is 0 Å². The Morgan fingerprint density at radius 3 is 2.62 bits per heavy atom. The summed E-state index contributed by atoms with van der Waals surface area (Å²) in [6.45, 7) is 0. The Kier molecular flexibility index (Phi) is 4.22. The molecule has 4 atom stereocenters. The molecular weight excluding hydrogens is 362 g/mol. The minimum Gasteiger partial charge on any atom is -0.550 e. The Labute approximate surface area is 152 Å². The van der Waals surface area contributed by atoms with Crippen LogP contribution in [0.4, 0.5) is 13.9 Å². The molecule has 0 spiro atoms. The molecule has 0 saturated heterocycles. The highest BCUT2D eigenvalue weighted by Crippen LogP contribution is 2.52. The van der Waals surface area contributed by atoms with Crippen molar-refractivity contribution >= 4 is 28.3 Å². The molecule has 136 valence electrons. The monoisotopic (exact) mass is 377 g/mol. The van der Waals surface area contributed by atoms with E-state index in [2.05, 4.69) is 10.3 Å². The van der Waals surface area contributed by atoms with Gasteiger partial charge in [0.05, 0.1) is 5.69 Å². The Hall–Kier alpha value is -2.35. The zero-order valence-corrected chi connectivity index (χ0v) is 14.4. The van der Waals surface area contributed by atoms with Gasteiger partial charge in [0.15, 0.2) is 5.13 Å². The number of carbonyl (C=O) groups excluding carboxylic acids is 2.